The second-order valence-corrected chi connectivity index (χ2v) is 3.16. The van der Waals surface area contributed by atoms with E-state index >= 15 is 0 Å². The second-order valence-electron chi connectivity index (χ2n) is 3.16. The number of alkyl halides is 2. The van der Waals surface area contributed by atoms with Crippen LogP contribution in [0.2, 0.25) is 0 Å². The Bertz CT molecular complexity index is 471. The largest absolute Gasteiger partial charge is 0.462 e. The van der Waals surface area contributed by atoms with Gasteiger partial charge in [-0.1, -0.05) is 0 Å². The highest BCUT2D eigenvalue weighted by atomic mass is 19.3. The van der Waals surface area contributed by atoms with E-state index in [2.05, 4.69) is 9.72 Å². The van der Waals surface area contributed by atoms with Gasteiger partial charge in [0, 0.05) is 12.7 Å². The van der Waals surface area contributed by atoms with Crippen molar-refractivity contribution in [2.24, 2.45) is 5.73 Å². The van der Waals surface area contributed by atoms with Crippen molar-refractivity contribution in [2.75, 3.05) is 6.61 Å². The standard InChI is InChI=1S/C10H12F2N2O3/c1-2-17-10(16)6-5(3-13)4-14-9(15)7(6)8(11)12/h4,8H,2-3,13H2,1H3,(H,14,15). The molecule has 1 aromatic heterocycles. The molecule has 0 atom stereocenters. The van der Waals surface area contributed by atoms with Crippen LogP contribution in [-0.4, -0.2) is 17.6 Å². The number of pyridine rings is 1. The topological polar surface area (TPSA) is 85.2 Å². The van der Waals surface area contributed by atoms with E-state index in [9.17, 15) is 18.4 Å². The van der Waals surface area contributed by atoms with Crippen LogP contribution in [-0.2, 0) is 11.3 Å². The molecule has 17 heavy (non-hydrogen) atoms. The minimum absolute atomic E-state index is 0.0261. The summed E-state index contributed by atoms with van der Waals surface area (Å²) in [4.78, 5) is 24.9. The normalized spacial score (nSPS) is 10.6. The fourth-order valence-electron chi connectivity index (χ4n) is 1.40. The van der Waals surface area contributed by atoms with Gasteiger partial charge in [0.15, 0.2) is 0 Å². The number of rotatable bonds is 4. The first-order valence-corrected chi connectivity index (χ1v) is 4.92. The number of hydrogen-bond acceptors (Lipinski definition) is 4. The second kappa shape index (κ2) is 5.53. The van der Waals surface area contributed by atoms with E-state index in [0.29, 0.717) is 0 Å². The Morgan fingerprint density at radius 3 is 2.71 bits per heavy atom. The first-order valence-electron chi connectivity index (χ1n) is 4.92. The third-order valence-electron chi connectivity index (χ3n) is 2.13. The fraction of sp³-hybridized carbons (Fsp3) is 0.400. The van der Waals surface area contributed by atoms with Gasteiger partial charge < -0.3 is 15.5 Å². The lowest BCUT2D eigenvalue weighted by molar-refractivity contribution is 0.0513. The van der Waals surface area contributed by atoms with Gasteiger partial charge in [-0.3, -0.25) is 4.79 Å². The number of esters is 1. The van der Waals surface area contributed by atoms with E-state index in [0.717, 1.165) is 6.20 Å². The fourth-order valence-corrected chi connectivity index (χ4v) is 1.40. The summed E-state index contributed by atoms with van der Waals surface area (Å²) in [5.41, 5.74) is 3.11. The molecule has 0 aliphatic carbocycles. The number of carbonyl (C=O) groups excluding carboxylic acids is 1. The van der Waals surface area contributed by atoms with Crippen LogP contribution in [0, 0.1) is 0 Å². The highest BCUT2D eigenvalue weighted by Gasteiger charge is 2.25. The van der Waals surface area contributed by atoms with Gasteiger partial charge in [0.05, 0.1) is 17.7 Å². The van der Waals surface area contributed by atoms with Gasteiger partial charge in [-0.05, 0) is 12.5 Å². The number of H-pyrrole nitrogens is 1. The zero-order chi connectivity index (χ0) is 13.0. The SMILES string of the molecule is CCOC(=O)c1c(CN)c[nH]c(=O)c1C(F)F. The van der Waals surface area contributed by atoms with Gasteiger partial charge in [-0.25, -0.2) is 13.6 Å². The number of nitrogens with two attached hydrogens (primary N) is 1. The molecule has 1 rings (SSSR count). The number of aromatic nitrogens is 1. The molecule has 0 fully saturated rings. The van der Waals surface area contributed by atoms with Crippen molar-refractivity contribution >= 4 is 5.97 Å². The molecular weight excluding hydrogens is 234 g/mol. The molecule has 3 N–H and O–H groups in total. The quantitative estimate of drug-likeness (QED) is 0.774. The molecular formula is C10H12F2N2O3. The average Bonchev–Trinajstić information content (AvgIpc) is 2.28. The summed E-state index contributed by atoms with van der Waals surface area (Å²) in [6.45, 7) is 1.41. The van der Waals surface area contributed by atoms with E-state index in [1.165, 1.54) is 6.92 Å². The number of carbonyl (C=O) groups is 1. The number of nitrogens with one attached hydrogen (secondary N) is 1. The lowest BCUT2D eigenvalue weighted by atomic mass is 10.0. The van der Waals surface area contributed by atoms with Crippen molar-refractivity contribution in [1.82, 2.24) is 4.98 Å². The van der Waals surface area contributed by atoms with E-state index in [-0.39, 0.29) is 18.7 Å². The lowest BCUT2D eigenvalue weighted by Gasteiger charge is -2.11. The van der Waals surface area contributed by atoms with E-state index in [1.807, 2.05) is 0 Å². The predicted octanol–water partition coefficient (Wildman–Crippen LogP) is 0.948. The van der Waals surface area contributed by atoms with Crippen molar-refractivity contribution < 1.29 is 18.3 Å². The molecule has 0 saturated carbocycles. The van der Waals surface area contributed by atoms with E-state index in [1.54, 1.807) is 0 Å². The van der Waals surface area contributed by atoms with Crippen LogP contribution < -0.4 is 11.3 Å². The monoisotopic (exact) mass is 246 g/mol. The Kier molecular flexibility index (Phi) is 4.33. The van der Waals surface area contributed by atoms with Crippen LogP contribution in [0.5, 0.6) is 0 Å². The first-order chi connectivity index (χ1) is 8.02. The molecule has 0 amide bonds. The third kappa shape index (κ3) is 2.68. The van der Waals surface area contributed by atoms with Crippen LogP contribution >= 0.6 is 0 Å². The van der Waals surface area contributed by atoms with Crippen molar-refractivity contribution in [1.29, 1.82) is 0 Å². The molecule has 1 aromatic rings. The number of halogens is 2. The summed E-state index contributed by atoms with van der Waals surface area (Å²) in [5.74, 6) is -0.964. The molecule has 0 unspecified atom stereocenters. The number of hydrogen-bond donors (Lipinski definition) is 2. The highest BCUT2D eigenvalue weighted by Crippen LogP contribution is 2.22. The van der Waals surface area contributed by atoms with E-state index < -0.39 is 29.1 Å². The Balaban J connectivity index is 3.45. The molecule has 0 bridgehead atoms. The van der Waals surface area contributed by atoms with Crippen LogP contribution in [0.4, 0.5) is 8.78 Å². The summed E-state index contributed by atoms with van der Waals surface area (Å²) in [6.07, 6.45) is -1.93. The van der Waals surface area contributed by atoms with Crippen LogP contribution in [0.15, 0.2) is 11.0 Å². The summed E-state index contributed by atoms with van der Waals surface area (Å²) in [5, 5.41) is 0. The van der Waals surface area contributed by atoms with Crippen molar-refractivity contribution in [3.63, 3.8) is 0 Å². The molecule has 7 heteroatoms. The minimum Gasteiger partial charge on any atom is -0.462 e. The van der Waals surface area contributed by atoms with Crippen LogP contribution in [0.3, 0.4) is 0 Å². The molecule has 1 heterocycles. The van der Waals surface area contributed by atoms with Gasteiger partial charge in [0.1, 0.15) is 0 Å². The van der Waals surface area contributed by atoms with E-state index in [4.69, 9.17) is 5.73 Å². The van der Waals surface area contributed by atoms with Gasteiger partial charge in [0.25, 0.3) is 12.0 Å². The molecule has 0 aliphatic rings. The van der Waals surface area contributed by atoms with Gasteiger partial charge >= 0.3 is 5.97 Å². The Morgan fingerprint density at radius 2 is 2.24 bits per heavy atom. The Labute approximate surface area is 95.6 Å². The summed E-state index contributed by atoms with van der Waals surface area (Å²) in [7, 11) is 0. The van der Waals surface area contributed by atoms with Gasteiger partial charge in [0.2, 0.25) is 0 Å². The van der Waals surface area contributed by atoms with Gasteiger partial charge in [-0.15, -0.1) is 0 Å². The minimum atomic E-state index is -3.07. The Morgan fingerprint density at radius 1 is 1.59 bits per heavy atom. The molecule has 0 spiro atoms. The summed E-state index contributed by atoms with van der Waals surface area (Å²) >= 11 is 0. The van der Waals surface area contributed by atoms with Crippen molar-refractivity contribution in [3.8, 4) is 0 Å². The highest BCUT2D eigenvalue weighted by molar-refractivity contribution is 5.92. The summed E-state index contributed by atoms with van der Waals surface area (Å²) in [6, 6.07) is 0. The maximum absolute atomic E-state index is 12.7. The maximum Gasteiger partial charge on any atom is 0.339 e. The summed E-state index contributed by atoms with van der Waals surface area (Å²) < 4.78 is 30.1. The van der Waals surface area contributed by atoms with Crippen LogP contribution in [0.25, 0.3) is 0 Å². The molecule has 0 aromatic carbocycles. The molecule has 0 saturated heterocycles. The van der Waals surface area contributed by atoms with Crippen molar-refractivity contribution in [3.05, 3.63) is 33.2 Å². The number of aromatic amines is 1. The molecule has 0 aliphatic heterocycles. The predicted molar refractivity (Wildman–Crippen MR) is 55.9 cm³/mol. The smallest absolute Gasteiger partial charge is 0.339 e. The number of ether oxygens (including phenoxy) is 1. The van der Waals surface area contributed by atoms with Crippen LogP contribution in [0.1, 0.15) is 34.8 Å². The first kappa shape index (κ1) is 13.3. The average molecular weight is 246 g/mol. The van der Waals surface area contributed by atoms with Crippen molar-refractivity contribution in [2.45, 2.75) is 19.9 Å². The zero-order valence-electron chi connectivity index (χ0n) is 9.13. The molecule has 0 radical (unpaired) electrons. The van der Waals surface area contributed by atoms with Gasteiger partial charge in [-0.2, -0.15) is 0 Å². The Hall–Kier alpha value is -1.76. The third-order valence-corrected chi connectivity index (χ3v) is 2.13. The molecule has 94 valence electrons. The molecule has 5 nitrogen and oxygen atoms in total. The lowest BCUT2D eigenvalue weighted by Crippen LogP contribution is -2.23. The maximum atomic E-state index is 12.7. The zero-order valence-corrected chi connectivity index (χ0v) is 9.13.